The first-order valence-corrected chi connectivity index (χ1v) is 10.5. The quantitative estimate of drug-likeness (QED) is 0.688. The molecule has 2 aromatic heterocycles. The maximum absolute atomic E-state index is 11.5. The van der Waals surface area contributed by atoms with Crippen molar-refractivity contribution in [3.63, 3.8) is 0 Å². The number of carboxylic acids is 1. The lowest BCUT2D eigenvalue weighted by Gasteiger charge is -2.26. The molecule has 0 aromatic carbocycles. The fourth-order valence-corrected chi connectivity index (χ4v) is 4.66. The van der Waals surface area contributed by atoms with Crippen LogP contribution in [0.1, 0.15) is 25.7 Å². The van der Waals surface area contributed by atoms with Gasteiger partial charge in [-0.25, -0.2) is 9.78 Å². The van der Waals surface area contributed by atoms with Crippen molar-refractivity contribution in [2.75, 3.05) is 25.2 Å². The van der Waals surface area contributed by atoms with E-state index in [0.29, 0.717) is 45.3 Å². The van der Waals surface area contributed by atoms with Gasteiger partial charge in [0.2, 0.25) is 11.5 Å². The van der Waals surface area contributed by atoms with Crippen molar-refractivity contribution in [2.24, 2.45) is 0 Å². The van der Waals surface area contributed by atoms with Crippen molar-refractivity contribution in [1.29, 1.82) is 0 Å². The maximum Gasteiger partial charge on any atom is 0.348 e. The first kappa shape index (κ1) is 19.7. The second-order valence-corrected chi connectivity index (χ2v) is 9.03. The largest absolute Gasteiger partial charge is 0.478 e. The molecule has 1 atom stereocenters. The predicted molar refractivity (Wildman–Crippen MR) is 108 cm³/mol. The minimum Gasteiger partial charge on any atom is -0.478 e. The third-order valence-corrected chi connectivity index (χ3v) is 6.84. The van der Waals surface area contributed by atoms with Gasteiger partial charge in [-0.3, -0.25) is 0 Å². The van der Waals surface area contributed by atoms with Crippen LogP contribution in [0.15, 0.2) is 12.1 Å². The average molecular weight is 444 g/mol. The van der Waals surface area contributed by atoms with E-state index in [0.717, 1.165) is 19.4 Å². The summed E-state index contributed by atoms with van der Waals surface area (Å²) in [5.41, 5.74) is -1.19. The topological polar surface area (TPSA) is 84.8 Å². The number of methoxy groups -OCH3 is 1. The molecular formula is C18H19Cl2N3O4S. The summed E-state index contributed by atoms with van der Waals surface area (Å²) >= 11 is 13.5. The first-order chi connectivity index (χ1) is 13.4. The van der Waals surface area contributed by atoms with Crippen LogP contribution in [-0.2, 0) is 9.53 Å². The molecule has 0 spiro atoms. The Morgan fingerprint density at radius 2 is 2.18 bits per heavy atom. The highest BCUT2D eigenvalue weighted by Gasteiger charge is 2.54. The van der Waals surface area contributed by atoms with Gasteiger partial charge in [-0.15, -0.1) is 11.3 Å². The number of carbonyl (C=O) groups is 1. The molecule has 0 radical (unpaired) electrons. The molecule has 150 valence electrons. The van der Waals surface area contributed by atoms with Gasteiger partial charge in [0.25, 0.3) is 0 Å². The molecule has 3 heterocycles. The summed E-state index contributed by atoms with van der Waals surface area (Å²) in [5, 5.41) is 9.89. The van der Waals surface area contributed by atoms with Crippen molar-refractivity contribution in [3.05, 3.63) is 21.5 Å². The van der Waals surface area contributed by atoms with E-state index in [4.69, 9.17) is 37.7 Å². The zero-order valence-corrected chi connectivity index (χ0v) is 17.5. The van der Waals surface area contributed by atoms with Crippen LogP contribution >= 0.6 is 34.5 Å². The highest BCUT2D eigenvalue weighted by molar-refractivity contribution is 7.20. The molecule has 1 saturated carbocycles. The smallest absolute Gasteiger partial charge is 0.348 e. The van der Waals surface area contributed by atoms with Gasteiger partial charge in [-0.1, -0.05) is 23.2 Å². The number of carboxylic acid groups (broad SMARTS) is 1. The molecular weight excluding hydrogens is 425 g/mol. The summed E-state index contributed by atoms with van der Waals surface area (Å²) in [6, 6.07) is 3.61. The Hall–Kier alpha value is -1.61. The number of rotatable bonds is 7. The highest BCUT2D eigenvalue weighted by Crippen LogP contribution is 2.42. The Kier molecular flexibility index (Phi) is 5.39. The summed E-state index contributed by atoms with van der Waals surface area (Å²) in [6.45, 7) is 1.42. The number of nitrogens with zero attached hydrogens (tertiary/aromatic N) is 3. The van der Waals surface area contributed by atoms with Crippen molar-refractivity contribution in [3.8, 4) is 16.6 Å². The normalized spacial score (nSPS) is 20.4. The van der Waals surface area contributed by atoms with Gasteiger partial charge in [0.15, 0.2) is 5.82 Å². The lowest BCUT2D eigenvalue weighted by atomic mass is 10.2. The van der Waals surface area contributed by atoms with Gasteiger partial charge in [-0.05, 0) is 18.9 Å². The van der Waals surface area contributed by atoms with Crippen molar-refractivity contribution >= 4 is 46.3 Å². The molecule has 0 unspecified atom stereocenters. The van der Waals surface area contributed by atoms with Gasteiger partial charge in [0, 0.05) is 32.6 Å². The molecule has 2 aliphatic rings. The zero-order valence-electron chi connectivity index (χ0n) is 15.2. The van der Waals surface area contributed by atoms with Crippen molar-refractivity contribution in [1.82, 2.24) is 9.97 Å². The third kappa shape index (κ3) is 3.78. The Morgan fingerprint density at radius 3 is 2.79 bits per heavy atom. The van der Waals surface area contributed by atoms with Gasteiger partial charge >= 0.3 is 5.97 Å². The molecule has 4 rings (SSSR count). The van der Waals surface area contributed by atoms with E-state index in [-0.39, 0.29) is 11.9 Å². The predicted octanol–water partition coefficient (Wildman–Crippen LogP) is 4.12. The minimum atomic E-state index is -1.19. The van der Waals surface area contributed by atoms with Crippen LogP contribution in [0.5, 0.6) is 5.88 Å². The number of anilines is 1. The molecule has 1 aliphatic heterocycles. The molecule has 2 aromatic rings. The number of thiophene rings is 1. The van der Waals surface area contributed by atoms with Gasteiger partial charge in [0.1, 0.15) is 10.2 Å². The third-order valence-electron chi connectivity index (χ3n) is 4.98. The Balaban J connectivity index is 1.73. The summed E-state index contributed by atoms with van der Waals surface area (Å²) in [4.78, 5) is 23.5. The van der Waals surface area contributed by atoms with E-state index >= 15 is 0 Å². The molecule has 0 bridgehead atoms. The standard InChI is InChI=1S/C18H19Cl2N3O4S/c1-26-9-10-3-2-6-23(10)13-8-14(27-18(4-5-18)17(24)25)22-16(21-13)12-7-11(19)15(20)28-12/h7-8,10H,2-6,9H2,1H3,(H,24,25)/t10-/m0/s1. The highest BCUT2D eigenvalue weighted by atomic mass is 35.5. The monoisotopic (exact) mass is 443 g/mol. The van der Waals surface area contributed by atoms with Gasteiger partial charge in [0.05, 0.1) is 22.5 Å². The first-order valence-electron chi connectivity index (χ1n) is 8.94. The van der Waals surface area contributed by atoms with E-state index in [1.54, 1.807) is 19.2 Å². The van der Waals surface area contributed by atoms with Crippen molar-refractivity contribution < 1.29 is 19.4 Å². The lowest BCUT2D eigenvalue weighted by molar-refractivity contribution is -0.147. The molecule has 1 N–H and O–H groups in total. The van der Waals surface area contributed by atoms with E-state index in [1.807, 2.05) is 0 Å². The Morgan fingerprint density at radius 1 is 1.39 bits per heavy atom. The number of halogens is 2. The van der Waals surface area contributed by atoms with Crippen LogP contribution in [-0.4, -0.2) is 52.9 Å². The van der Waals surface area contributed by atoms with Crippen LogP contribution in [0.4, 0.5) is 5.82 Å². The number of hydrogen-bond donors (Lipinski definition) is 1. The Labute approximate surface area is 176 Å². The number of hydrogen-bond acceptors (Lipinski definition) is 7. The van der Waals surface area contributed by atoms with E-state index in [1.165, 1.54) is 11.3 Å². The number of aromatic nitrogens is 2. The van der Waals surface area contributed by atoms with Crippen LogP contribution in [0.25, 0.3) is 10.7 Å². The minimum absolute atomic E-state index is 0.200. The zero-order chi connectivity index (χ0) is 19.9. The van der Waals surface area contributed by atoms with Crippen LogP contribution in [0.2, 0.25) is 9.36 Å². The molecule has 7 nitrogen and oxygen atoms in total. The van der Waals surface area contributed by atoms with Crippen LogP contribution < -0.4 is 9.64 Å². The molecule has 0 amide bonds. The summed E-state index contributed by atoms with van der Waals surface area (Å²) < 4.78 is 11.6. The second kappa shape index (κ2) is 7.67. The summed E-state index contributed by atoms with van der Waals surface area (Å²) in [7, 11) is 1.68. The molecule has 10 heteroatoms. The SMILES string of the molecule is COC[C@@H]1CCCN1c1cc(OC2(C(=O)O)CC2)nc(-c2cc(Cl)c(Cl)s2)n1. The van der Waals surface area contributed by atoms with Crippen molar-refractivity contribution in [2.45, 2.75) is 37.3 Å². The fourth-order valence-electron chi connectivity index (χ4n) is 3.36. The molecule has 2 fully saturated rings. The number of ether oxygens (including phenoxy) is 2. The van der Waals surface area contributed by atoms with E-state index in [2.05, 4.69) is 9.88 Å². The number of aliphatic carboxylic acids is 1. The average Bonchev–Trinajstić information content (AvgIpc) is 3.16. The van der Waals surface area contributed by atoms with Crippen LogP contribution in [0, 0.1) is 0 Å². The molecule has 1 saturated heterocycles. The Bertz CT molecular complexity index is 883. The van der Waals surface area contributed by atoms with Crippen LogP contribution in [0.3, 0.4) is 0 Å². The second-order valence-electron chi connectivity index (χ2n) is 6.97. The molecule has 1 aliphatic carbocycles. The fraction of sp³-hybridized carbons (Fsp3) is 0.500. The maximum atomic E-state index is 11.5. The van der Waals surface area contributed by atoms with Gasteiger partial charge in [-0.2, -0.15) is 4.98 Å². The van der Waals surface area contributed by atoms with E-state index in [9.17, 15) is 9.90 Å². The lowest BCUT2D eigenvalue weighted by Crippen LogP contribution is -2.34. The molecule has 28 heavy (non-hydrogen) atoms. The summed E-state index contributed by atoms with van der Waals surface area (Å²) in [6.07, 6.45) is 2.95. The van der Waals surface area contributed by atoms with Gasteiger partial charge < -0.3 is 19.5 Å². The van der Waals surface area contributed by atoms with E-state index < -0.39 is 11.6 Å². The summed E-state index contributed by atoms with van der Waals surface area (Å²) in [5.74, 6) is 0.357.